The Kier molecular flexibility index (Phi) is 4.25. The molecule has 1 aromatic carbocycles. The van der Waals surface area contributed by atoms with E-state index in [0.717, 1.165) is 40.3 Å². The fourth-order valence-corrected chi connectivity index (χ4v) is 3.79. The van der Waals surface area contributed by atoms with Gasteiger partial charge in [-0.1, -0.05) is 30.0 Å². The van der Waals surface area contributed by atoms with Crippen molar-refractivity contribution in [3.05, 3.63) is 30.5 Å². The molecule has 4 rings (SSSR count). The Morgan fingerprint density at radius 1 is 1.36 bits per heavy atom. The maximum atomic E-state index is 11.9. The van der Waals surface area contributed by atoms with Crippen LogP contribution in [0.25, 0.3) is 22.3 Å². The summed E-state index contributed by atoms with van der Waals surface area (Å²) in [4.78, 5) is 15.2. The largest absolute Gasteiger partial charge is 0.360 e. The average Bonchev–Trinajstić information content (AvgIpc) is 3.19. The number of thioether (sulfide) groups is 1. The van der Waals surface area contributed by atoms with Gasteiger partial charge in [-0.3, -0.25) is 9.36 Å². The predicted octanol–water partition coefficient (Wildman–Crippen LogP) is 3.38. The maximum Gasteiger partial charge on any atom is 0.230 e. The molecule has 6 nitrogen and oxygen atoms in total. The highest BCUT2D eigenvalue weighted by Gasteiger charge is 2.31. The predicted molar refractivity (Wildman–Crippen MR) is 99.6 cm³/mol. The van der Waals surface area contributed by atoms with Crippen molar-refractivity contribution in [2.75, 3.05) is 5.75 Å². The standard InChI is InChI=1S/C18H21N5OS/c1-11(2)20-16(24)10-25-18-22-21-17(23(18)12-7-8-12)14-9-19-15-6-4-3-5-13(14)15/h3-6,9,11-12,19H,7-8,10H2,1-2H3,(H,20,24). The average molecular weight is 355 g/mol. The van der Waals surface area contributed by atoms with Crippen LogP contribution in [0.4, 0.5) is 0 Å². The highest BCUT2D eigenvalue weighted by molar-refractivity contribution is 7.99. The molecule has 1 fully saturated rings. The van der Waals surface area contributed by atoms with E-state index in [2.05, 4.69) is 37.2 Å². The Morgan fingerprint density at radius 2 is 2.16 bits per heavy atom. The lowest BCUT2D eigenvalue weighted by Crippen LogP contribution is -2.31. The van der Waals surface area contributed by atoms with Gasteiger partial charge in [-0.15, -0.1) is 10.2 Å². The molecule has 0 bridgehead atoms. The molecule has 1 amide bonds. The highest BCUT2D eigenvalue weighted by Crippen LogP contribution is 2.42. The fraction of sp³-hybridized carbons (Fsp3) is 0.389. The third kappa shape index (κ3) is 3.28. The van der Waals surface area contributed by atoms with Crippen molar-refractivity contribution in [1.29, 1.82) is 0 Å². The van der Waals surface area contributed by atoms with Gasteiger partial charge in [0.1, 0.15) is 0 Å². The molecule has 0 atom stereocenters. The minimum Gasteiger partial charge on any atom is -0.360 e. The van der Waals surface area contributed by atoms with Crippen molar-refractivity contribution in [3.8, 4) is 11.4 Å². The number of para-hydroxylation sites is 1. The number of hydrogen-bond acceptors (Lipinski definition) is 4. The van der Waals surface area contributed by atoms with E-state index < -0.39 is 0 Å². The molecule has 0 aliphatic heterocycles. The minimum atomic E-state index is 0.0268. The van der Waals surface area contributed by atoms with Gasteiger partial charge in [-0.05, 0) is 32.8 Å². The molecule has 25 heavy (non-hydrogen) atoms. The number of hydrogen-bond donors (Lipinski definition) is 2. The van der Waals surface area contributed by atoms with Gasteiger partial charge in [0.15, 0.2) is 11.0 Å². The number of H-pyrrole nitrogens is 1. The number of amides is 1. The van der Waals surface area contributed by atoms with Crippen molar-refractivity contribution in [2.45, 2.75) is 43.9 Å². The summed E-state index contributed by atoms with van der Waals surface area (Å²) >= 11 is 1.46. The number of nitrogens with zero attached hydrogens (tertiary/aromatic N) is 3. The van der Waals surface area contributed by atoms with Crippen LogP contribution in [0.3, 0.4) is 0 Å². The van der Waals surface area contributed by atoms with Crippen molar-refractivity contribution in [3.63, 3.8) is 0 Å². The number of nitrogens with one attached hydrogen (secondary N) is 2. The van der Waals surface area contributed by atoms with Gasteiger partial charge in [-0.25, -0.2) is 0 Å². The van der Waals surface area contributed by atoms with Gasteiger partial charge in [0.05, 0.1) is 5.75 Å². The van der Waals surface area contributed by atoms with Crippen molar-refractivity contribution >= 4 is 28.6 Å². The molecule has 2 aromatic heterocycles. The first-order valence-electron chi connectivity index (χ1n) is 8.57. The number of aromatic nitrogens is 4. The number of carbonyl (C=O) groups excluding carboxylic acids is 1. The van der Waals surface area contributed by atoms with E-state index in [4.69, 9.17) is 0 Å². The van der Waals surface area contributed by atoms with Crippen LogP contribution in [-0.2, 0) is 4.79 Å². The van der Waals surface area contributed by atoms with E-state index in [9.17, 15) is 4.79 Å². The second-order valence-electron chi connectivity index (χ2n) is 6.67. The van der Waals surface area contributed by atoms with Crippen LogP contribution in [0, 0.1) is 0 Å². The summed E-state index contributed by atoms with van der Waals surface area (Å²) in [6.45, 7) is 3.93. The Bertz CT molecular complexity index is 909. The SMILES string of the molecule is CC(C)NC(=O)CSc1nnc(-c2c[nH]c3ccccc23)n1C1CC1. The van der Waals surface area contributed by atoms with Gasteiger partial charge in [0.25, 0.3) is 0 Å². The molecule has 1 saturated carbocycles. The summed E-state index contributed by atoms with van der Waals surface area (Å²) < 4.78 is 2.20. The number of aromatic amines is 1. The molecule has 0 spiro atoms. The van der Waals surface area contributed by atoms with Crippen LogP contribution in [-0.4, -0.2) is 37.5 Å². The molecule has 7 heteroatoms. The maximum absolute atomic E-state index is 11.9. The van der Waals surface area contributed by atoms with E-state index in [1.807, 2.05) is 32.2 Å². The Morgan fingerprint density at radius 3 is 2.92 bits per heavy atom. The summed E-state index contributed by atoms with van der Waals surface area (Å²) in [6, 6.07) is 8.79. The Labute approximate surface area is 150 Å². The highest BCUT2D eigenvalue weighted by atomic mass is 32.2. The first-order chi connectivity index (χ1) is 12.1. The summed E-state index contributed by atoms with van der Waals surface area (Å²) in [6.07, 6.45) is 4.27. The molecule has 1 aliphatic rings. The normalized spacial score (nSPS) is 14.4. The lowest BCUT2D eigenvalue weighted by atomic mass is 10.1. The molecular weight excluding hydrogens is 334 g/mol. The first-order valence-corrected chi connectivity index (χ1v) is 9.55. The zero-order chi connectivity index (χ0) is 17.4. The van der Waals surface area contributed by atoms with Gasteiger partial charge in [-0.2, -0.15) is 0 Å². The van der Waals surface area contributed by atoms with E-state index >= 15 is 0 Å². The third-order valence-electron chi connectivity index (χ3n) is 4.19. The van der Waals surface area contributed by atoms with Gasteiger partial charge >= 0.3 is 0 Å². The molecule has 0 saturated heterocycles. The Balaban J connectivity index is 1.64. The van der Waals surface area contributed by atoms with Crippen LogP contribution in [0.15, 0.2) is 35.6 Å². The van der Waals surface area contributed by atoms with Gasteiger partial charge < -0.3 is 10.3 Å². The second-order valence-corrected chi connectivity index (χ2v) is 7.61. The van der Waals surface area contributed by atoms with Crippen LogP contribution < -0.4 is 5.32 Å². The van der Waals surface area contributed by atoms with Crippen LogP contribution >= 0.6 is 11.8 Å². The van der Waals surface area contributed by atoms with Gasteiger partial charge in [0.2, 0.25) is 5.91 Å². The molecule has 0 unspecified atom stereocenters. The molecule has 1 aliphatic carbocycles. The smallest absolute Gasteiger partial charge is 0.230 e. The van der Waals surface area contributed by atoms with E-state index in [0.29, 0.717) is 11.8 Å². The van der Waals surface area contributed by atoms with Crippen molar-refractivity contribution < 1.29 is 4.79 Å². The van der Waals surface area contributed by atoms with Crippen LogP contribution in [0.2, 0.25) is 0 Å². The molecule has 3 aromatic rings. The van der Waals surface area contributed by atoms with E-state index in [1.165, 1.54) is 11.8 Å². The summed E-state index contributed by atoms with van der Waals surface area (Å²) in [7, 11) is 0. The zero-order valence-corrected chi connectivity index (χ0v) is 15.1. The van der Waals surface area contributed by atoms with Crippen LogP contribution in [0.1, 0.15) is 32.7 Å². The van der Waals surface area contributed by atoms with E-state index in [1.54, 1.807) is 0 Å². The summed E-state index contributed by atoms with van der Waals surface area (Å²) in [5, 5.41) is 13.7. The number of carbonyl (C=O) groups is 1. The second kappa shape index (κ2) is 6.55. The summed E-state index contributed by atoms with van der Waals surface area (Å²) in [5.41, 5.74) is 2.15. The first kappa shape index (κ1) is 16.2. The monoisotopic (exact) mass is 355 g/mol. The quantitative estimate of drug-likeness (QED) is 0.665. The lowest BCUT2D eigenvalue weighted by molar-refractivity contribution is -0.119. The minimum absolute atomic E-state index is 0.0268. The van der Waals surface area contributed by atoms with Crippen molar-refractivity contribution in [2.24, 2.45) is 0 Å². The summed E-state index contributed by atoms with van der Waals surface area (Å²) in [5.74, 6) is 1.27. The topological polar surface area (TPSA) is 75.6 Å². The molecular formula is C18H21N5OS. The molecule has 2 N–H and O–H groups in total. The zero-order valence-electron chi connectivity index (χ0n) is 14.3. The van der Waals surface area contributed by atoms with Gasteiger partial charge in [0, 0.05) is 34.7 Å². The third-order valence-corrected chi connectivity index (χ3v) is 5.13. The number of fused-ring (bicyclic) bond motifs is 1. The number of rotatable bonds is 6. The molecule has 130 valence electrons. The number of benzene rings is 1. The Hall–Kier alpha value is -2.28. The van der Waals surface area contributed by atoms with Crippen LogP contribution in [0.5, 0.6) is 0 Å². The molecule has 0 radical (unpaired) electrons. The molecule has 2 heterocycles. The lowest BCUT2D eigenvalue weighted by Gasteiger charge is -2.10. The van der Waals surface area contributed by atoms with Crippen molar-refractivity contribution in [1.82, 2.24) is 25.1 Å². The fourth-order valence-electron chi connectivity index (χ4n) is 2.97. The van der Waals surface area contributed by atoms with E-state index in [-0.39, 0.29) is 11.9 Å².